The van der Waals surface area contributed by atoms with Crippen LogP contribution in [0.2, 0.25) is 5.02 Å². The number of hydrogen-bond donors (Lipinski definition) is 1. The van der Waals surface area contributed by atoms with E-state index >= 15 is 0 Å². The Kier molecular flexibility index (Phi) is 5.05. The molecule has 0 fully saturated rings. The third kappa shape index (κ3) is 3.48. The van der Waals surface area contributed by atoms with Crippen molar-refractivity contribution in [1.29, 1.82) is 0 Å². The summed E-state index contributed by atoms with van der Waals surface area (Å²) in [4.78, 5) is 12.5. The highest BCUT2D eigenvalue weighted by Crippen LogP contribution is 2.33. The van der Waals surface area contributed by atoms with E-state index in [9.17, 15) is 13.2 Å². The molecule has 1 aliphatic rings. The van der Waals surface area contributed by atoms with Gasteiger partial charge in [0.05, 0.1) is 21.2 Å². The van der Waals surface area contributed by atoms with Gasteiger partial charge in [0.25, 0.3) is 15.9 Å². The van der Waals surface area contributed by atoms with Crippen LogP contribution in [0.15, 0.2) is 52.9 Å². The Morgan fingerprint density at radius 1 is 1.21 bits per heavy atom. The van der Waals surface area contributed by atoms with E-state index in [1.165, 1.54) is 28.0 Å². The zero-order valence-electron chi connectivity index (χ0n) is 14.5. The van der Waals surface area contributed by atoms with Crippen LogP contribution in [0.5, 0.6) is 0 Å². The number of nitrogens with one attached hydrogen (secondary N) is 1. The van der Waals surface area contributed by atoms with Crippen LogP contribution < -0.4 is 9.62 Å². The number of amides is 1. The molecular formula is C18H15ClN4O3S2. The van der Waals surface area contributed by atoms with Gasteiger partial charge >= 0.3 is 0 Å². The molecule has 3 aromatic rings. The summed E-state index contributed by atoms with van der Waals surface area (Å²) in [7, 11) is -3.84. The molecule has 0 radical (unpaired) electrons. The molecule has 1 amide bonds. The van der Waals surface area contributed by atoms with Crippen molar-refractivity contribution in [2.24, 2.45) is 0 Å². The van der Waals surface area contributed by atoms with Gasteiger partial charge in [-0.05, 0) is 42.7 Å². The predicted molar refractivity (Wildman–Crippen MR) is 109 cm³/mol. The van der Waals surface area contributed by atoms with E-state index in [2.05, 4.69) is 15.5 Å². The van der Waals surface area contributed by atoms with Crippen LogP contribution in [0, 0.1) is 0 Å². The van der Waals surface area contributed by atoms with Crippen molar-refractivity contribution in [2.75, 3.05) is 16.2 Å². The lowest BCUT2D eigenvalue weighted by atomic mass is 10.0. The first kappa shape index (κ1) is 18.9. The van der Waals surface area contributed by atoms with Crippen LogP contribution in [0.4, 0.5) is 10.8 Å². The minimum atomic E-state index is -3.84. The zero-order valence-corrected chi connectivity index (χ0v) is 16.9. The Bertz CT molecular complexity index is 1130. The van der Waals surface area contributed by atoms with Crippen molar-refractivity contribution in [3.63, 3.8) is 0 Å². The number of anilines is 2. The number of hydrogen-bond acceptors (Lipinski definition) is 6. The van der Waals surface area contributed by atoms with Crippen molar-refractivity contribution in [3.8, 4) is 0 Å². The Morgan fingerprint density at radius 2 is 2.04 bits per heavy atom. The smallest absolute Gasteiger partial charge is 0.264 e. The van der Waals surface area contributed by atoms with Crippen LogP contribution in [0.3, 0.4) is 0 Å². The second-order valence-electron chi connectivity index (χ2n) is 6.15. The summed E-state index contributed by atoms with van der Waals surface area (Å²) in [6.07, 6.45) is 1.56. The number of fused-ring (bicyclic) bond motifs is 1. The van der Waals surface area contributed by atoms with E-state index in [-0.39, 0.29) is 15.5 Å². The van der Waals surface area contributed by atoms with Gasteiger partial charge in [0.1, 0.15) is 5.51 Å². The van der Waals surface area contributed by atoms with E-state index in [0.29, 0.717) is 17.4 Å². The van der Waals surface area contributed by atoms with Crippen LogP contribution in [0.25, 0.3) is 0 Å². The Labute approximate surface area is 171 Å². The van der Waals surface area contributed by atoms with Gasteiger partial charge in [-0.25, -0.2) is 8.42 Å². The summed E-state index contributed by atoms with van der Waals surface area (Å²) >= 11 is 7.30. The van der Waals surface area contributed by atoms with Gasteiger partial charge in [-0.1, -0.05) is 41.1 Å². The quantitative estimate of drug-likeness (QED) is 0.677. The van der Waals surface area contributed by atoms with Crippen molar-refractivity contribution >= 4 is 49.7 Å². The van der Waals surface area contributed by atoms with Crippen LogP contribution in [-0.4, -0.2) is 31.1 Å². The SMILES string of the molecule is O=C(Nc1nncs1)c1cc(S(=O)(=O)N2CCCc3ccccc32)ccc1Cl. The number of benzene rings is 2. The molecule has 0 bridgehead atoms. The van der Waals surface area contributed by atoms with Gasteiger partial charge in [0.2, 0.25) is 5.13 Å². The molecule has 28 heavy (non-hydrogen) atoms. The fourth-order valence-corrected chi connectivity index (χ4v) is 5.32. The normalized spacial score (nSPS) is 13.8. The lowest BCUT2D eigenvalue weighted by Gasteiger charge is -2.30. The number of nitrogens with zero attached hydrogens (tertiary/aromatic N) is 3. The molecule has 0 atom stereocenters. The first-order chi connectivity index (χ1) is 13.5. The molecule has 10 heteroatoms. The Hall–Kier alpha value is -2.49. The van der Waals surface area contributed by atoms with E-state index in [4.69, 9.17) is 11.6 Å². The molecule has 2 heterocycles. The molecule has 1 aliphatic heterocycles. The number of aryl methyl sites for hydroxylation is 1. The summed E-state index contributed by atoms with van der Waals surface area (Å²) < 4.78 is 28.0. The number of halogens is 1. The molecule has 1 aromatic heterocycles. The van der Waals surface area contributed by atoms with E-state index in [1.807, 2.05) is 18.2 Å². The minimum Gasteiger partial charge on any atom is -0.296 e. The van der Waals surface area contributed by atoms with Crippen LogP contribution in [-0.2, 0) is 16.4 Å². The molecule has 4 rings (SSSR count). The average Bonchev–Trinajstić information content (AvgIpc) is 3.20. The maximum Gasteiger partial charge on any atom is 0.264 e. The largest absolute Gasteiger partial charge is 0.296 e. The maximum atomic E-state index is 13.3. The number of rotatable bonds is 4. The number of aromatic nitrogens is 2. The molecule has 2 aromatic carbocycles. The van der Waals surface area contributed by atoms with Gasteiger partial charge < -0.3 is 0 Å². The third-order valence-electron chi connectivity index (χ3n) is 4.42. The number of carbonyl (C=O) groups excluding carboxylic acids is 1. The molecule has 0 saturated heterocycles. The van der Waals surface area contributed by atoms with Crippen LogP contribution >= 0.6 is 22.9 Å². The standard InChI is InChI=1S/C18H15ClN4O3S2/c19-15-8-7-13(10-14(15)17(24)21-18-22-20-11-27-18)28(25,26)23-9-3-5-12-4-1-2-6-16(12)23/h1-2,4,6-8,10-11H,3,5,9H2,(H,21,22,24). The van der Waals surface area contributed by atoms with Gasteiger partial charge in [-0.2, -0.15) is 0 Å². The minimum absolute atomic E-state index is 0.0102. The molecule has 0 unspecified atom stereocenters. The highest BCUT2D eigenvalue weighted by molar-refractivity contribution is 7.92. The molecule has 0 spiro atoms. The number of para-hydroxylation sites is 1. The van der Waals surface area contributed by atoms with Crippen molar-refractivity contribution in [3.05, 3.63) is 64.1 Å². The summed E-state index contributed by atoms with van der Waals surface area (Å²) in [5.41, 5.74) is 3.19. The maximum absolute atomic E-state index is 13.3. The molecule has 0 aliphatic carbocycles. The first-order valence-corrected chi connectivity index (χ1v) is 11.1. The fourth-order valence-electron chi connectivity index (χ4n) is 3.11. The highest BCUT2D eigenvalue weighted by atomic mass is 35.5. The van der Waals surface area contributed by atoms with Gasteiger partial charge in [0, 0.05) is 6.54 Å². The van der Waals surface area contributed by atoms with Gasteiger partial charge in [-0.3, -0.25) is 14.4 Å². The van der Waals surface area contributed by atoms with E-state index < -0.39 is 15.9 Å². The topological polar surface area (TPSA) is 92.3 Å². The molecule has 7 nitrogen and oxygen atoms in total. The highest BCUT2D eigenvalue weighted by Gasteiger charge is 2.30. The lowest BCUT2D eigenvalue weighted by Crippen LogP contribution is -2.35. The number of sulfonamides is 1. The second-order valence-corrected chi connectivity index (χ2v) is 9.25. The van der Waals surface area contributed by atoms with Gasteiger partial charge in [-0.15, -0.1) is 10.2 Å². The monoisotopic (exact) mass is 434 g/mol. The van der Waals surface area contributed by atoms with Crippen molar-refractivity contribution < 1.29 is 13.2 Å². The second kappa shape index (κ2) is 7.50. The molecular weight excluding hydrogens is 420 g/mol. The predicted octanol–water partition coefficient (Wildman–Crippen LogP) is 3.59. The average molecular weight is 435 g/mol. The third-order valence-corrected chi connectivity index (χ3v) is 7.16. The zero-order chi connectivity index (χ0) is 19.7. The van der Waals surface area contributed by atoms with Crippen molar-refractivity contribution in [2.45, 2.75) is 17.7 Å². The summed E-state index contributed by atoms with van der Waals surface area (Å²) in [6.45, 7) is 0.383. The molecule has 1 N–H and O–H groups in total. The van der Waals surface area contributed by atoms with E-state index in [1.54, 1.807) is 6.07 Å². The Balaban J connectivity index is 1.70. The summed E-state index contributed by atoms with van der Waals surface area (Å²) in [6, 6.07) is 11.6. The van der Waals surface area contributed by atoms with E-state index in [0.717, 1.165) is 29.7 Å². The van der Waals surface area contributed by atoms with Gasteiger partial charge in [0.15, 0.2) is 0 Å². The molecule has 144 valence electrons. The van der Waals surface area contributed by atoms with Crippen molar-refractivity contribution in [1.82, 2.24) is 10.2 Å². The van der Waals surface area contributed by atoms with Crippen LogP contribution in [0.1, 0.15) is 22.3 Å². The lowest BCUT2D eigenvalue weighted by molar-refractivity contribution is 0.102. The first-order valence-electron chi connectivity index (χ1n) is 8.44. The molecule has 0 saturated carbocycles. The Morgan fingerprint density at radius 3 is 2.82 bits per heavy atom. The summed E-state index contributed by atoms with van der Waals surface area (Å²) in [5.74, 6) is -0.544. The fraction of sp³-hybridized carbons (Fsp3) is 0.167. The number of carbonyl (C=O) groups is 1. The summed E-state index contributed by atoms with van der Waals surface area (Å²) in [5, 5.41) is 10.4.